The van der Waals surface area contributed by atoms with Gasteiger partial charge in [-0.3, -0.25) is 0 Å². The van der Waals surface area contributed by atoms with Gasteiger partial charge in [0.15, 0.2) is 0 Å². The second-order valence-corrected chi connectivity index (χ2v) is 7.92. The van der Waals surface area contributed by atoms with Gasteiger partial charge in [-0.1, -0.05) is 37.3 Å². The van der Waals surface area contributed by atoms with Gasteiger partial charge < -0.3 is 10.2 Å². The van der Waals surface area contributed by atoms with E-state index in [1.807, 2.05) is 18.2 Å². The summed E-state index contributed by atoms with van der Waals surface area (Å²) >= 11 is 0. The predicted molar refractivity (Wildman–Crippen MR) is 103 cm³/mol. The Labute approximate surface area is 151 Å². The summed E-state index contributed by atoms with van der Waals surface area (Å²) in [5.74, 6) is 0.433. The first-order chi connectivity index (χ1) is 12.1. The van der Waals surface area contributed by atoms with Gasteiger partial charge >= 0.3 is 6.03 Å². The normalized spacial score (nSPS) is 28.2. The second-order valence-electron chi connectivity index (χ2n) is 7.92. The summed E-state index contributed by atoms with van der Waals surface area (Å²) in [6.45, 7) is 4.35. The van der Waals surface area contributed by atoms with Crippen molar-refractivity contribution in [3.63, 3.8) is 0 Å². The summed E-state index contributed by atoms with van der Waals surface area (Å²) in [6, 6.07) is 11.1. The van der Waals surface area contributed by atoms with E-state index in [-0.39, 0.29) is 11.4 Å². The zero-order chi connectivity index (χ0) is 17.7. The Morgan fingerprint density at radius 3 is 2.44 bits per heavy atom. The van der Waals surface area contributed by atoms with Crippen LogP contribution in [0.1, 0.15) is 51.0 Å². The van der Waals surface area contributed by atoms with Crippen LogP contribution in [0.5, 0.6) is 0 Å². The Morgan fingerprint density at radius 2 is 1.80 bits per heavy atom. The van der Waals surface area contributed by atoms with Crippen LogP contribution in [0.3, 0.4) is 0 Å². The largest absolute Gasteiger partial charge is 0.343 e. The third-order valence-corrected chi connectivity index (χ3v) is 6.16. The Kier molecular flexibility index (Phi) is 5.89. The number of benzene rings is 1. The molecule has 1 saturated heterocycles. The summed E-state index contributed by atoms with van der Waals surface area (Å²) in [4.78, 5) is 18.5. The lowest BCUT2D eigenvalue weighted by molar-refractivity contribution is 0.186. The predicted octanol–water partition coefficient (Wildman–Crippen LogP) is 4.01. The van der Waals surface area contributed by atoms with Gasteiger partial charge in [0, 0.05) is 19.3 Å². The van der Waals surface area contributed by atoms with E-state index < -0.39 is 0 Å². The number of hydrogen-bond acceptors (Lipinski definition) is 2. The molecule has 1 aromatic rings. The minimum absolute atomic E-state index is 0.0803. The van der Waals surface area contributed by atoms with Crippen molar-refractivity contribution in [1.82, 2.24) is 10.2 Å². The Bertz CT molecular complexity index is 584. The highest BCUT2D eigenvalue weighted by molar-refractivity contribution is 5.84. The molecule has 4 heteroatoms. The van der Waals surface area contributed by atoms with E-state index in [4.69, 9.17) is 0 Å². The highest BCUT2D eigenvalue weighted by atomic mass is 16.2. The Balaban J connectivity index is 1.51. The molecular weight excluding hydrogens is 310 g/mol. The molecule has 1 heterocycles. The first kappa shape index (κ1) is 18.1. The van der Waals surface area contributed by atoms with E-state index in [1.54, 1.807) is 0 Å². The Hall–Kier alpha value is -1.68. The summed E-state index contributed by atoms with van der Waals surface area (Å²) in [6.07, 6.45) is 8.51. The van der Waals surface area contributed by atoms with Crippen LogP contribution in [0, 0.1) is 5.92 Å². The molecule has 1 aliphatic carbocycles. The molecule has 25 heavy (non-hydrogen) atoms. The summed E-state index contributed by atoms with van der Waals surface area (Å²) in [7, 11) is 1.89. The van der Waals surface area contributed by atoms with Crippen molar-refractivity contribution in [3.8, 4) is 0 Å². The zero-order valence-electron chi connectivity index (χ0n) is 15.6. The maximum Gasteiger partial charge on any atom is 0.343 e. The molecule has 1 N–H and O–H groups in total. The van der Waals surface area contributed by atoms with E-state index in [9.17, 15) is 4.79 Å². The van der Waals surface area contributed by atoms with Crippen molar-refractivity contribution >= 4 is 12.2 Å². The van der Waals surface area contributed by atoms with Gasteiger partial charge in [0.1, 0.15) is 0 Å². The van der Waals surface area contributed by atoms with Gasteiger partial charge in [-0.15, -0.1) is 0 Å². The van der Waals surface area contributed by atoms with Crippen molar-refractivity contribution < 1.29 is 4.79 Å². The molecule has 0 atom stereocenters. The smallest absolute Gasteiger partial charge is 0.323 e. The fraction of sp³-hybridized carbons (Fsp3) is 0.619. The maximum atomic E-state index is 12.3. The SMILES string of the molecule is CN(C(=O)/N=C/C1CCC(C)(c2ccccc2)CC1)C1CCNCC1. The van der Waals surface area contributed by atoms with Gasteiger partial charge in [0.05, 0.1) is 0 Å². The van der Waals surface area contributed by atoms with Crippen molar-refractivity contribution in [2.45, 2.75) is 56.9 Å². The van der Waals surface area contributed by atoms with Crippen LogP contribution < -0.4 is 5.32 Å². The van der Waals surface area contributed by atoms with Gasteiger partial charge in [-0.05, 0) is 68.5 Å². The highest BCUT2D eigenvalue weighted by Crippen LogP contribution is 2.40. The molecular formula is C21H31N3O. The second kappa shape index (κ2) is 8.13. The van der Waals surface area contributed by atoms with Gasteiger partial charge in [0.2, 0.25) is 0 Å². The molecule has 2 fully saturated rings. The molecule has 0 unspecified atom stereocenters. The van der Waals surface area contributed by atoms with Crippen LogP contribution in [0.25, 0.3) is 0 Å². The number of carbonyl (C=O) groups excluding carboxylic acids is 1. The van der Waals surface area contributed by atoms with Crippen molar-refractivity contribution in [2.24, 2.45) is 10.9 Å². The lowest BCUT2D eigenvalue weighted by Crippen LogP contribution is -2.43. The molecule has 0 spiro atoms. The van der Waals surface area contributed by atoms with Crippen molar-refractivity contribution in [1.29, 1.82) is 0 Å². The molecule has 2 amide bonds. The average molecular weight is 341 g/mol. The van der Waals surface area contributed by atoms with Crippen LogP contribution in [-0.4, -0.2) is 43.3 Å². The van der Waals surface area contributed by atoms with Gasteiger partial charge in [0.25, 0.3) is 0 Å². The van der Waals surface area contributed by atoms with Crippen LogP contribution in [-0.2, 0) is 5.41 Å². The van der Waals surface area contributed by atoms with Crippen molar-refractivity contribution in [2.75, 3.05) is 20.1 Å². The molecule has 1 saturated carbocycles. The highest BCUT2D eigenvalue weighted by Gasteiger charge is 2.32. The zero-order valence-corrected chi connectivity index (χ0v) is 15.6. The van der Waals surface area contributed by atoms with E-state index in [1.165, 1.54) is 5.56 Å². The fourth-order valence-electron chi connectivity index (χ4n) is 4.17. The molecule has 1 aromatic carbocycles. The first-order valence-corrected chi connectivity index (χ1v) is 9.66. The minimum Gasteiger partial charge on any atom is -0.323 e. The minimum atomic E-state index is -0.0803. The van der Waals surface area contributed by atoms with E-state index in [0.29, 0.717) is 12.0 Å². The van der Waals surface area contributed by atoms with Crippen LogP contribution >= 0.6 is 0 Å². The molecule has 0 bridgehead atoms. The number of nitrogens with one attached hydrogen (secondary N) is 1. The van der Waals surface area contributed by atoms with Crippen LogP contribution in [0.15, 0.2) is 35.3 Å². The fourth-order valence-corrected chi connectivity index (χ4v) is 4.17. The standard InChI is InChI=1S/C21H31N3O/c1-21(18-6-4-3-5-7-18)12-8-17(9-13-21)16-23-20(25)24(2)19-10-14-22-15-11-19/h3-7,16-17,19,22H,8-15H2,1-2H3/b23-16+. The van der Waals surface area contributed by atoms with E-state index in [0.717, 1.165) is 51.6 Å². The lowest BCUT2D eigenvalue weighted by atomic mass is 9.68. The number of piperidine rings is 1. The molecule has 136 valence electrons. The Morgan fingerprint density at radius 1 is 1.16 bits per heavy atom. The number of carbonyl (C=O) groups is 1. The molecule has 3 rings (SSSR count). The first-order valence-electron chi connectivity index (χ1n) is 9.66. The van der Waals surface area contributed by atoms with Crippen LogP contribution in [0.2, 0.25) is 0 Å². The topological polar surface area (TPSA) is 44.7 Å². The quantitative estimate of drug-likeness (QED) is 0.844. The number of aliphatic imine (C=N–C) groups is 1. The number of urea groups is 1. The number of rotatable bonds is 3. The molecule has 2 aliphatic rings. The van der Waals surface area contributed by atoms with Gasteiger partial charge in [-0.25, -0.2) is 9.79 Å². The number of amides is 2. The summed E-state index contributed by atoms with van der Waals surface area (Å²) in [5, 5.41) is 3.34. The van der Waals surface area contributed by atoms with Crippen LogP contribution in [0.4, 0.5) is 4.79 Å². The van der Waals surface area contributed by atoms with Crippen molar-refractivity contribution in [3.05, 3.63) is 35.9 Å². The molecule has 0 aromatic heterocycles. The third-order valence-electron chi connectivity index (χ3n) is 6.16. The maximum absolute atomic E-state index is 12.3. The van der Waals surface area contributed by atoms with E-state index in [2.05, 4.69) is 47.6 Å². The monoisotopic (exact) mass is 341 g/mol. The lowest BCUT2D eigenvalue weighted by Gasteiger charge is -2.37. The summed E-state index contributed by atoms with van der Waals surface area (Å²) < 4.78 is 0. The third kappa shape index (κ3) is 4.49. The summed E-state index contributed by atoms with van der Waals surface area (Å²) in [5.41, 5.74) is 1.70. The molecule has 0 radical (unpaired) electrons. The molecule has 1 aliphatic heterocycles. The average Bonchev–Trinajstić information content (AvgIpc) is 2.68. The van der Waals surface area contributed by atoms with E-state index >= 15 is 0 Å². The number of nitrogens with zero attached hydrogens (tertiary/aromatic N) is 2. The molecule has 4 nitrogen and oxygen atoms in total. The number of hydrogen-bond donors (Lipinski definition) is 1. The van der Waals surface area contributed by atoms with Gasteiger partial charge in [-0.2, -0.15) is 0 Å².